The molecule has 136 valence electrons. The van der Waals surface area contributed by atoms with Gasteiger partial charge in [-0.1, -0.05) is 18.2 Å². The number of aliphatic hydroxyl groups is 1. The van der Waals surface area contributed by atoms with Crippen molar-refractivity contribution in [1.29, 1.82) is 0 Å². The van der Waals surface area contributed by atoms with Crippen LogP contribution in [0.15, 0.2) is 24.3 Å². The Hall–Kier alpha value is -1.46. The van der Waals surface area contributed by atoms with Gasteiger partial charge in [-0.05, 0) is 38.7 Å². The van der Waals surface area contributed by atoms with E-state index in [1.54, 1.807) is 18.2 Å². The highest BCUT2D eigenvalue weighted by molar-refractivity contribution is 5.91. The summed E-state index contributed by atoms with van der Waals surface area (Å²) in [5, 5.41) is 10.3. The number of piperidine rings is 1. The maximum absolute atomic E-state index is 14.2. The average molecular weight is 347 g/mol. The van der Waals surface area contributed by atoms with Crippen molar-refractivity contribution in [3.8, 4) is 0 Å². The summed E-state index contributed by atoms with van der Waals surface area (Å²) in [6.45, 7) is 3.87. The van der Waals surface area contributed by atoms with Crippen LogP contribution < -0.4 is 0 Å². The molecule has 1 saturated heterocycles. The van der Waals surface area contributed by atoms with Gasteiger partial charge in [-0.3, -0.25) is 4.79 Å². The largest absolute Gasteiger partial charge is 0.392 e. The Morgan fingerprint density at radius 2 is 1.96 bits per heavy atom. The van der Waals surface area contributed by atoms with Crippen LogP contribution >= 0.6 is 0 Å². The van der Waals surface area contributed by atoms with E-state index in [4.69, 9.17) is 4.74 Å². The summed E-state index contributed by atoms with van der Waals surface area (Å²) in [7, 11) is 0. The van der Waals surface area contributed by atoms with Gasteiger partial charge in [0.1, 0.15) is 5.82 Å². The number of ether oxygens (including phenoxy) is 1. The van der Waals surface area contributed by atoms with Gasteiger partial charge in [0.25, 0.3) is 0 Å². The second kappa shape index (κ2) is 6.06. The Bertz CT molecular complexity index is 663. The molecule has 2 atom stereocenters. The first kappa shape index (κ1) is 17.0. The molecule has 4 nitrogen and oxygen atoms in total. The quantitative estimate of drug-likeness (QED) is 0.911. The molecule has 0 unspecified atom stereocenters. The van der Waals surface area contributed by atoms with Crippen LogP contribution in [-0.2, 0) is 14.9 Å². The first-order chi connectivity index (χ1) is 12.0. The van der Waals surface area contributed by atoms with E-state index < -0.39 is 5.41 Å². The number of hydrogen-bond acceptors (Lipinski definition) is 3. The topological polar surface area (TPSA) is 49.8 Å². The number of hydrogen-bond donors (Lipinski definition) is 1. The predicted molar refractivity (Wildman–Crippen MR) is 91.6 cm³/mol. The molecule has 0 radical (unpaired) electrons. The van der Waals surface area contributed by atoms with E-state index in [-0.39, 0.29) is 29.3 Å². The average Bonchev–Trinajstić information content (AvgIpc) is 3.43. The van der Waals surface area contributed by atoms with E-state index in [0.29, 0.717) is 31.7 Å². The number of nitrogens with zero attached hydrogens (tertiary/aromatic N) is 1. The molecule has 3 fully saturated rings. The van der Waals surface area contributed by atoms with E-state index >= 15 is 0 Å². The zero-order chi connectivity index (χ0) is 17.7. The Labute approximate surface area is 148 Å². The van der Waals surface area contributed by atoms with Crippen LogP contribution in [0.4, 0.5) is 4.39 Å². The van der Waals surface area contributed by atoms with Crippen LogP contribution in [0, 0.1) is 11.2 Å². The normalized spacial score (nSPS) is 29.3. The van der Waals surface area contributed by atoms with Crippen molar-refractivity contribution < 1.29 is 19.0 Å². The standard InChI is InChI=1S/C20H26FNO3/c1-2-25-17-13-16(23)20(17)9-11-22(12-10-20)18(24)19(7-8-19)14-5-3-4-6-15(14)21/h3-6,16-17,23H,2,7-13H2,1H3/t16-,17-/m1/s1. The van der Waals surface area contributed by atoms with Gasteiger partial charge in [0.2, 0.25) is 5.91 Å². The van der Waals surface area contributed by atoms with Gasteiger partial charge in [0, 0.05) is 37.1 Å². The molecule has 1 heterocycles. The minimum Gasteiger partial charge on any atom is -0.392 e. The minimum absolute atomic E-state index is 0.0502. The van der Waals surface area contributed by atoms with Crippen LogP contribution in [0.1, 0.15) is 44.6 Å². The fraction of sp³-hybridized carbons (Fsp3) is 0.650. The van der Waals surface area contributed by atoms with E-state index in [2.05, 4.69) is 0 Å². The van der Waals surface area contributed by atoms with E-state index in [1.165, 1.54) is 6.07 Å². The van der Waals surface area contributed by atoms with E-state index in [9.17, 15) is 14.3 Å². The van der Waals surface area contributed by atoms with Crippen molar-refractivity contribution in [1.82, 2.24) is 4.90 Å². The molecule has 4 rings (SSSR count). The highest BCUT2D eigenvalue weighted by Gasteiger charge is 2.59. The second-order valence-corrected chi connectivity index (χ2v) is 7.78. The van der Waals surface area contributed by atoms with Crippen molar-refractivity contribution in [3.05, 3.63) is 35.6 Å². The summed E-state index contributed by atoms with van der Waals surface area (Å²) in [6, 6.07) is 6.64. The molecule has 2 saturated carbocycles. The van der Waals surface area contributed by atoms with Crippen LogP contribution in [0.5, 0.6) is 0 Å². The van der Waals surface area contributed by atoms with Crippen LogP contribution in [-0.4, -0.2) is 47.8 Å². The van der Waals surface area contributed by atoms with Crippen LogP contribution in [0.25, 0.3) is 0 Å². The van der Waals surface area contributed by atoms with Gasteiger partial charge in [-0.2, -0.15) is 0 Å². The summed E-state index contributed by atoms with van der Waals surface area (Å²) in [5.41, 5.74) is -0.314. The monoisotopic (exact) mass is 347 g/mol. The lowest BCUT2D eigenvalue weighted by atomic mass is 9.58. The van der Waals surface area contributed by atoms with Gasteiger partial charge in [0.15, 0.2) is 0 Å². The first-order valence-electron chi connectivity index (χ1n) is 9.37. The predicted octanol–water partition coefficient (Wildman–Crippen LogP) is 2.64. The summed E-state index contributed by atoms with van der Waals surface area (Å²) in [6.07, 6.45) is 3.43. The number of halogens is 1. The number of carbonyl (C=O) groups is 1. The fourth-order valence-corrected chi connectivity index (χ4v) is 4.82. The minimum atomic E-state index is -0.659. The van der Waals surface area contributed by atoms with Crippen molar-refractivity contribution in [2.24, 2.45) is 5.41 Å². The van der Waals surface area contributed by atoms with Gasteiger partial charge < -0.3 is 14.7 Å². The molecule has 1 aromatic carbocycles. The third kappa shape index (κ3) is 2.51. The summed E-state index contributed by atoms with van der Waals surface area (Å²) >= 11 is 0. The van der Waals surface area contributed by atoms with E-state index in [1.807, 2.05) is 11.8 Å². The highest BCUT2D eigenvalue weighted by atomic mass is 19.1. The van der Waals surface area contributed by atoms with Crippen molar-refractivity contribution >= 4 is 5.91 Å². The van der Waals surface area contributed by atoms with Gasteiger partial charge in [-0.25, -0.2) is 4.39 Å². The molecule has 25 heavy (non-hydrogen) atoms. The molecular weight excluding hydrogens is 321 g/mol. The fourth-order valence-electron chi connectivity index (χ4n) is 4.82. The van der Waals surface area contributed by atoms with Crippen LogP contribution in [0.2, 0.25) is 0 Å². The third-order valence-electron chi connectivity index (χ3n) is 6.64. The van der Waals surface area contributed by atoms with Gasteiger partial charge in [-0.15, -0.1) is 0 Å². The maximum atomic E-state index is 14.2. The molecule has 0 aromatic heterocycles. The Balaban J connectivity index is 1.46. The smallest absolute Gasteiger partial charge is 0.233 e. The number of rotatable bonds is 4. The van der Waals surface area contributed by atoms with Crippen molar-refractivity contribution in [2.75, 3.05) is 19.7 Å². The van der Waals surface area contributed by atoms with E-state index in [0.717, 1.165) is 25.7 Å². The molecule has 5 heteroatoms. The molecule has 1 N–H and O–H groups in total. The SMILES string of the molecule is CCO[C@@H]1C[C@@H](O)C12CCN(C(=O)C1(c3ccccc3F)CC1)CC2. The Morgan fingerprint density at radius 3 is 2.52 bits per heavy atom. The molecule has 0 bridgehead atoms. The number of carbonyl (C=O) groups excluding carboxylic acids is 1. The summed E-state index contributed by atoms with van der Waals surface area (Å²) in [5.74, 6) is -0.234. The zero-order valence-corrected chi connectivity index (χ0v) is 14.7. The van der Waals surface area contributed by atoms with Gasteiger partial charge in [0.05, 0.1) is 17.6 Å². The zero-order valence-electron chi connectivity index (χ0n) is 14.7. The van der Waals surface area contributed by atoms with Gasteiger partial charge >= 0.3 is 0 Å². The summed E-state index contributed by atoms with van der Waals surface area (Å²) in [4.78, 5) is 15.0. The lowest BCUT2D eigenvalue weighted by molar-refractivity contribution is -0.210. The lowest BCUT2D eigenvalue weighted by Crippen LogP contribution is -2.63. The number of benzene rings is 1. The van der Waals surface area contributed by atoms with Crippen LogP contribution in [0.3, 0.4) is 0 Å². The van der Waals surface area contributed by atoms with Crippen molar-refractivity contribution in [3.63, 3.8) is 0 Å². The molecular formula is C20H26FNO3. The first-order valence-corrected chi connectivity index (χ1v) is 9.37. The molecule has 2 aliphatic carbocycles. The highest BCUT2D eigenvalue weighted by Crippen LogP contribution is 2.54. The van der Waals surface area contributed by atoms with Crippen molar-refractivity contribution in [2.45, 2.75) is 56.7 Å². The number of amides is 1. The Kier molecular flexibility index (Phi) is 4.12. The number of aliphatic hydroxyl groups excluding tert-OH is 1. The number of likely N-dealkylation sites (tertiary alicyclic amines) is 1. The molecule has 1 aromatic rings. The maximum Gasteiger partial charge on any atom is 0.233 e. The molecule has 1 spiro atoms. The Morgan fingerprint density at radius 1 is 1.28 bits per heavy atom. The third-order valence-corrected chi connectivity index (χ3v) is 6.64. The summed E-state index contributed by atoms with van der Waals surface area (Å²) < 4.78 is 20.0. The second-order valence-electron chi connectivity index (χ2n) is 7.78. The molecule has 1 amide bonds. The molecule has 3 aliphatic rings. The lowest BCUT2D eigenvalue weighted by Gasteiger charge is -2.56. The molecule has 1 aliphatic heterocycles.